The van der Waals surface area contributed by atoms with Crippen LogP contribution in [0.25, 0.3) is 27.7 Å². The van der Waals surface area contributed by atoms with E-state index in [1.54, 1.807) is 7.05 Å². The lowest BCUT2D eigenvalue weighted by molar-refractivity contribution is -0.137. The molecule has 2 N–H and O–H groups in total. The highest BCUT2D eigenvalue weighted by molar-refractivity contribution is 6.14. The number of alkyl halides is 3. The molecule has 216 valence electrons. The van der Waals surface area contributed by atoms with E-state index < -0.39 is 40.8 Å². The average molecular weight is 584 g/mol. The molecule has 1 aliphatic heterocycles. The van der Waals surface area contributed by atoms with Crippen LogP contribution in [0.1, 0.15) is 43.4 Å². The summed E-state index contributed by atoms with van der Waals surface area (Å²) in [5.74, 6) is -3.34. The smallest absolute Gasteiger partial charge is 0.394 e. The van der Waals surface area contributed by atoms with E-state index in [0.29, 0.717) is 5.82 Å². The summed E-state index contributed by atoms with van der Waals surface area (Å²) < 4.78 is 80.6. The molecule has 42 heavy (non-hydrogen) atoms. The Balaban J connectivity index is 1.71. The van der Waals surface area contributed by atoms with Crippen molar-refractivity contribution in [2.24, 2.45) is 7.05 Å². The second kappa shape index (κ2) is 9.38. The minimum absolute atomic E-state index is 0.0351. The Morgan fingerprint density at radius 1 is 1.10 bits per heavy atom. The van der Waals surface area contributed by atoms with Crippen LogP contribution in [-0.2, 0) is 31.1 Å². The molecule has 2 aromatic carbocycles. The Labute approximate surface area is 234 Å². The molecule has 0 aliphatic carbocycles. The molecule has 6 rings (SSSR count). The van der Waals surface area contributed by atoms with Crippen molar-refractivity contribution >= 4 is 33.9 Å². The van der Waals surface area contributed by atoms with Crippen LogP contribution in [0.4, 0.5) is 27.6 Å². The van der Waals surface area contributed by atoms with Crippen molar-refractivity contribution in [2.45, 2.75) is 19.3 Å². The van der Waals surface area contributed by atoms with Crippen molar-refractivity contribution < 1.29 is 36.3 Å². The third kappa shape index (κ3) is 3.95. The number of ketones is 1. The number of fused-ring (bicyclic) bond motifs is 4. The van der Waals surface area contributed by atoms with Crippen LogP contribution in [0.5, 0.6) is 0 Å². The van der Waals surface area contributed by atoms with Crippen molar-refractivity contribution in [3.63, 3.8) is 0 Å². The summed E-state index contributed by atoms with van der Waals surface area (Å²) in [6, 6.07) is 6.64. The van der Waals surface area contributed by atoms with Gasteiger partial charge in [-0.3, -0.25) is 9.59 Å². The molecule has 1 aliphatic rings. The fourth-order valence-electron chi connectivity index (χ4n) is 5.56. The van der Waals surface area contributed by atoms with Crippen molar-refractivity contribution in [2.75, 3.05) is 19.9 Å². The van der Waals surface area contributed by atoms with Crippen LogP contribution >= 0.6 is 0 Å². The molecule has 0 saturated carbocycles. The number of nitrogens with two attached hydrogens (primary N) is 1. The zero-order valence-corrected chi connectivity index (χ0v) is 22.4. The van der Waals surface area contributed by atoms with E-state index in [9.17, 15) is 31.5 Å². The Bertz CT molecular complexity index is 1950. The summed E-state index contributed by atoms with van der Waals surface area (Å²) in [5, 5.41) is 0. The van der Waals surface area contributed by atoms with E-state index in [4.69, 9.17) is 10.5 Å². The van der Waals surface area contributed by atoms with Crippen LogP contribution in [0.2, 0.25) is 0 Å². The van der Waals surface area contributed by atoms with E-state index in [1.807, 2.05) is 0 Å². The number of carbonyl (C=O) groups is 2. The number of nitrogens with zero attached hydrogens (tertiary/aromatic N) is 4. The number of hydrogen-bond donors (Lipinski definition) is 1. The first-order valence-electron chi connectivity index (χ1n) is 12.6. The third-order valence-corrected chi connectivity index (χ3v) is 7.55. The number of benzene rings is 2. The molecule has 0 radical (unpaired) electrons. The number of imidazole rings is 1. The molecule has 0 fully saturated rings. The first-order valence-corrected chi connectivity index (χ1v) is 12.6. The number of aromatic nitrogens is 3. The van der Waals surface area contributed by atoms with E-state index in [0.717, 1.165) is 18.2 Å². The number of rotatable bonds is 4. The summed E-state index contributed by atoms with van der Waals surface area (Å²) in [4.78, 5) is 33.0. The number of ether oxygens (including phenoxy) is 1. The normalized spacial score (nSPS) is 13.5. The van der Waals surface area contributed by atoms with Gasteiger partial charge in [0.1, 0.15) is 29.8 Å². The Kier molecular flexibility index (Phi) is 6.12. The topological polar surface area (TPSA) is 94.9 Å². The van der Waals surface area contributed by atoms with Crippen molar-refractivity contribution in [1.29, 1.82) is 0 Å². The predicted octanol–water partition coefficient (Wildman–Crippen LogP) is 5.34. The van der Waals surface area contributed by atoms with Gasteiger partial charge in [-0.25, -0.2) is 13.8 Å². The summed E-state index contributed by atoms with van der Waals surface area (Å²) in [5.41, 5.74) is 3.57. The number of halogens is 5. The number of amides is 1. The Hall–Kier alpha value is -4.78. The SMILES string of the molecule is COCc1nc2c3c(c(C(F)(F)F)cc2n1C)-c1cccn2c(C(=O)c4cc(F)c(N)c(F)c4)cc(c12)C(=O)N(C)C3. The van der Waals surface area contributed by atoms with Crippen molar-refractivity contribution in [3.8, 4) is 11.1 Å². The van der Waals surface area contributed by atoms with Gasteiger partial charge in [-0.05, 0) is 30.3 Å². The molecule has 1 amide bonds. The zero-order valence-electron chi connectivity index (χ0n) is 22.4. The number of nitrogen functional groups attached to an aromatic ring is 1. The lowest BCUT2D eigenvalue weighted by atomic mass is 9.90. The second-order valence-corrected chi connectivity index (χ2v) is 10.1. The highest BCUT2D eigenvalue weighted by atomic mass is 19.4. The number of anilines is 1. The highest BCUT2D eigenvalue weighted by Gasteiger charge is 2.39. The van der Waals surface area contributed by atoms with Gasteiger partial charge in [0.15, 0.2) is 0 Å². The van der Waals surface area contributed by atoms with Crippen LogP contribution in [-0.4, -0.2) is 44.7 Å². The van der Waals surface area contributed by atoms with Crippen LogP contribution in [0.3, 0.4) is 0 Å². The number of methoxy groups -OCH3 is 1. The first-order chi connectivity index (χ1) is 19.8. The van der Waals surface area contributed by atoms with Gasteiger partial charge in [0, 0.05) is 56.2 Å². The Morgan fingerprint density at radius 2 is 1.79 bits per heavy atom. The summed E-state index contributed by atoms with van der Waals surface area (Å²) in [7, 11) is 4.46. The van der Waals surface area contributed by atoms with Crippen LogP contribution in [0, 0.1) is 11.6 Å². The van der Waals surface area contributed by atoms with Gasteiger partial charge in [0.2, 0.25) is 5.78 Å². The van der Waals surface area contributed by atoms with Gasteiger partial charge in [-0.15, -0.1) is 0 Å². The molecule has 8 nitrogen and oxygen atoms in total. The van der Waals surface area contributed by atoms with Gasteiger partial charge in [0.05, 0.1) is 33.4 Å². The first kappa shape index (κ1) is 27.4. The van der Waals surface area contributed by atoms with Gasteiger partial charge in [-0.1, -0.05) is 6.07 Å². The fourth-order valence-corrected chi connectivity index (χ4v) is 5.56. The molecule has 0 unspecified atom stereocenters. The van der Waals surface area contributed by atoms with Crippen molar-refractivity contribution in [3.05, 3.63) is 88.0 Å². The Morgan fingerprint density at radius 3 is 2.43 bits per heavy atom. The van der Waals surface area contributed by atoms with Gasteiger partial charge >= 0.3 is 6.18 Å². The average Bonchev–Trinajstić information content (AvgIpc) is 3.47. The molecule has 13 heteroatoms. The van der Waals surface area contributed by atoms with E-state index in [2.05, 4.69) is 4.98 Å². The molecular formula is C29H22F5N5O3. The maximum Gasteiger partial charge on any atom is 0.417 e. The minimum atomic E-state index is -4.80. The van der Waals surface area contributed by atoms with E-state index in [-0.39, 0.29) is 63.2 Å². The summed E-state index contributed by atoms with van der Waals surface area (Å²) >= 11 is 0. The lowest BCUT2D eigenvalue weighted by Gasteiger charge is -2.26. The molecule has 0 atom stereocenters. The van der Waals surface area contributed by atoms with Gasteiger partial charge < -0.3 is 24.3 Å². The molecule has 3 aromatic heterocycles. The summed E-state index contributed by atoms with van der Waals surface area (Å²) in [6.07, 6.45) is -3.40. The maximum absolute atomic E-state index is 14.7. The monoisotopic (exact) mass is 583 g/mol. The molecule has 0 saturated heterocycles. The van der Waals surface area contributed by atoms with Crippen LogP contribution in [0.15, 0.2) is 42.6 Å². The van der Waals surface area contributed by atoms with Gasteiger partial charge in [-0.2, -0.15) is 13.2 Å². The van der Waals surface area contributed by atoms with Gasteiger partial charge in [0.25, 0.3) is 5.91 Å². The largest absolute Gasteiger partial charge is 0.417 e. The fraction of sp³-hybridized carbons (Fsp3) is 0.207. The highest BCUT2D eigenvalue weighted by Crippen LogP contribution is 2.46. The lowest BCUT2D eigenvalue weighted by Crippen LogP contribution is -2.28. The zero-order chi connectivity index (χ0) is 30.2. The van der Waals surface area contributed by atoms with E-state index in [1.165, 1.54) is 52.4 Å². The third-order valence-electron chi connectivity index (χ3n) is 7.55. The molecular weight excluding hydrogens is 561 g/mol. The molecule has 5 aromatic rings. The number of hydrogen-bond acceptors (Lipinski definition) is 5. The maximum atomic E-state index is 14.7. The number of aryl methyl sites for hydroxylation is 1. The molecule has 0 spiro atoms. The minimum Gasteiger partial charge on any atom is -0.394 e. The summed E-state index contributed by atoms with van der Waals surface area (Å²) in [6.45, 7) is -0.173. The number of carbonyl (C=O) groups excluding carboxylic acids is 2. The predicted molar refractivity (Wildman–Crippen MR) is 143 cm³/mol. The van der Waals surface area contributed by atoms with E-state index >= 15 is 0 Å². The standard InChI is InChI=1S/C29H22F5N5O3/c1-37-11-16-23(17(29(32,33)34)10-20-25(16)36-22(12-42-3)38(20)2)14-5-4-6-39-21(9-15(26(14)39)28(37)41)27(40)13-7-18(30)24(35)19(31)8-13/h4-10H,11-12,35H2,1-3H3. The quantitative estimate of drug-likeness (QED) is 0.175. The number of pyridine rings is 1. The van der Waals surface area contributed by atoms with Crippen molar-refractivity contribution in [1.82, 2.24) is 18.9 Å². The second-order valence-electron chi connectivity index (χ2n) is 10.1. The molecule has 4 heterocycles. The molecule has 0 bridgehead atoms. The van der Waals surface area contributed by atoms with Crippen LogP contribution < -0.4 is 5.73 Å².